The van der Waals surface area contributed by atoms with Crippen LogP contribution in [0.25, 0.3) is 0 Å². The Morgan fingerprint density at radius 1 is 1.12 bits per heavy atom. The second-order valence-corrected chi connectivity index (χ2v) is 5.70. The molecule has 0 radical (unpaired) electrons. The summed E-state index contributed by atoms with van der Waals surface area (Å²) in [5.41, 5.74) is 2.99. The fourth-order valence-electron chi connectivity index (χ4n) is 2.60. The highest BCUT2D eigenvalue weighted by molar-refractivity contribution is 5.66. The van der Waals surface area contributed by atoms with Gasteiger partial charge in [0.2, 0.25) is 5.95 Å². The first-order chi connectivity index (χ1) is 11.6. The molecule has 0 saturated carbocycles. The summed E-state index contributed by atoms with van der Waals surface area (Å²) >= 11 is 0. The minimum atomic E-state index is -0.801. The van der Waals surface area contributed by atoms with Gasteiger partial charge in [-0.05, 0) is 31.2 Å². The summed E-state index contributed by atoms with van der Waals surface area (Å²) in [6.45, 7) is 4.07. The molecular formula is C18H24N4O2. The fourth-order valence-corrected chi connectivity index (χ4v) is 2.60. The van der Waals surface area contributed by atoms with Gasteiger partial charge in [-0.3, -0.25) is 4.79 Å². The molecule has 0 aliphatic heterocycles. The normalized spacial score (nSPS) is 11.9. The van der Waals surface area contributed by atoms with Crippen LogP contribution in [0.4, 0.5) is 5.95 Å². The van der Waals surface area contributed by atoms with E-state index in [1.165, 1.54) is 0 Å². The predicted octanol–water partition coefficient (Wildman–Crippen LogP) is 2.88. The van der Waals surface area contributed by atoms with Crippen molar-refractivity contribution < 1.29 is 9.90 Å². The van der Waals surface area contributed by atoms with Gasteiger partial charge < -0.3 is 10.4 Å². The highest BCUT2D eigenvalue weighted by Crippen LogP contribution is 2.13. The number of nitrogens with one attached hydrogen (secondary N) is 1. The van der Waals surface area contributed by atoms with Crippen LogP contribution >= 0.6 is 0 Å². The lowest BCUT2D eigenvalue weighted by Gasteiger charge is -2.18. The molecule has 1 aromatic heterocycles. The van der Waals surface area contributed by atoms with Crippen molar-refractivity contribution in [3.05, 3.63) is 47.3 Å². The molecule has 0 bridgehead atoms. The van der Waals surface area contributed by atoms with Crippen molar-refractivity contribution in [1.82, 2.24) is 15.2 Å². The Bertz CT molecular complexity index is 661. The minimum absolute atomic E-state index is 0.0533. The third kappa shape index (κ3) is 5.30. The molecule has 2 N–H and O–H groups in total. The lowest BCUT2D eigenvalue weighted by Crippen LogP contribution is -2.25. The van der Waals surface area contributed by atoms with Crippen LogP contribution in [-0.4, -0.2) is 32.3 Å². The standard InChI is InChI=1S/C18H24N4O2/c1-3-15-16(4-2)21-22-18(20-15)19-14(10-11-17(23)24)12-13-8-6-5-7-9-13/h5-9,14H,3-4,10-12H2,1-2H3,(H,23,24)(H,19,20,22). The Balaban J connectivity index is 2.13. The van der Waals surface area contributed by atoms with Crippen LogP contribution in [0, 0.1) is 0 Å². The Labute approximate surface area is 142 Å². The summed E-state index contributed by atoms with van der Waals surface area (Å²) in [7, 11) is 0. The largest absolute Gasteiger partial charge is 0.481 e. The number of aliphatic carboxylic acids is 1. The van der Waals surface area contributed by atoms with E-state index >= 15 is 0 Å². The van der Waals surface area contributed by atoms with E-state index in [9.17, 15) is 4.79 Å². The number of carboxylic acid groups (broad SMARTS) is 1. The van der Waals surface area contributed by atoms with Gasteiger partial charge in [0.1, 0.15) is 0 Å². The highest BCUT2D eigenvalue weighted by atomic mass is 16.4. The molecular weight excluding hydrogens is 304 g/mol. The number of hydrogen-bond donors (Lipinski definition) is 2. The third-order valence-electron chi connectivity index (χ3n) is 3.87. The average Bonchev–Trinajstić information content (AvgIpc) is 2.60. The van der Waals surface area contributed by atoms with Crippen LogP contribution in [0.5, 0.6) is 0 Å². The van der Waals surface area contributed by atoms with E-state index in [-0.39, 0.29) is 12.5 Å². The van der Waals surface area contributed by atoms with Crippen molar-refractivity contribution >= 4 is 11.9 Å². The summed E-state index contributed by atoms with van der Waals surface area (Å²) in [5.74, 6) is -0.333. The van der Waals surface area contributed by atoms with E-state index in [4.69, 9.17) is 5.11 Å². The molecule has 1 heterocycles. The first kappa shape index (κ1) is 17.8. The fraction of sp³-hybridized carbons (Fsp3) is 0.444. The highest BCUT2D eigenvalue weighted by Gasteiger charge is 2.14. The minimum Gasteiger partial charge on any atom is -0.481 e. The molecule has 0 saturated heterocycles. The molecule has 128 valence electrons. The number of carbonyl (C=O) groups is 1. The molecule has 2 rings (SSSR count). The van der Waals surface area contributed by atoms with Crippen molar-refractivity contribution in [3.63, 3.8) is 0 Å². The zero-order chi connectivity index (χ0) is 17.4. The third-order valence-corrected chi connectivity index (χ3v) is 3.87. The summed E-state index contributed by atoms with van der Waals surface area (Å²) in [5, 5.41) is 20.6. The van der Waals surface area contributed by atoms with Crippen LogP contribution in [0.1, 0.15) is 43.6 Å². The molecule has 1 aromatic carbocycles. The zero-order valence-corrected chi connectivity index (χ0v) is 14.2. The number of carboxylic acids is 1. The SMILES string of the molecule is CCc1nnc(NC(CCC(=O)O)Cc2ccccc2)nc1CC. The van der Waals surface area contributed by atoms with E-state index < -0.39 is 5.97 Å². The van der Waals surface area contributed by atoms with Crippen molar-refractivity contribution in [1.29, 1.82) is 0 Å². The lowest BCUT2D eigenvalue weighted by atomic mass is 10.0. The first-order valence-electron chi connectivity index (χ1n) is 8.37. The van der Waals surface area contributed by atoms with Gasteiger partial charge in [0.15, 0.2) is 0 Å². The second kappa shape index (κ2) is 8.96. The Morgan fingerprint density at radius 3 is 2.46 bits per heavy atom. The van der Waals surface area contributed by atoms with Gasteiger partial charge in [-0.25, -0.2) is 4.98 Å². The molecule has 2 aromatic rings. The molecule has 1 unspecified atom stereocenters. The number of aryl methyl sites for hydroxylation is 2. The van der Waals surface area contributed by atoms with Gasteiger partial charge in [-0.2, -0.15) is 5.10 Å². The van der Waals surface area contributed by atoms with Crippen LogP contribution in [0.15, 0.2) is 30.3 Å². The van der Waals surface area contributed by atoms with Crippen LogP contribution < -0.4 is 5.32 Å². The number of aromatic nitrogens is 3. The van der Waals surface area contributed by atoms with E-state index in [2.05, 4.69) is 20.5 Å². The molecule has 1 atom stereocenters. The summed E-state index contributed by atoms with van der Waals surface area (Å²) in [4.78, 5) is 15.5. The van der Waals surface area contributed by atoms with Crippen molar-refractivity contribution in [2.45, 2.75) is 52.0 Å². The molecule has 0 aliphatic carbocycles. The Hall–Kier alpha value is -2.50. The summed E-state index contributed by atoms with van der Waals surface area (Å²) < 4.78 is 0. The number of rotatable bonds is 9. The van der Waals surface area contributed by atoms with E-state index in [1.54, 1.807) is 0 Å². The zero-order valence-electron chi connectivity index (χ0n) is 14.2. The van der Waals surface area contributed by atoms with Crippen molar-refractivity contribution in [2.24, 2.45) is 0 Å². The smallest absolute Gasteiger partial charge is 0.303 e. The molecule has 6 heteroatoms. The van der Waals surface area contributed by atoms with Gasteiger partial charge >= 0.3 is 5.97 Å². The van der Waals surface area contributed by atoms with Gasteiger partial charge in [0.05, 0.1) is 11.4 Å². The quantitative estimate of drug-likeness (QED) is 0.736. The molecule has 0 spiro atoms. The van der Waals surface area contributed by atoms with Crippen LogP contribution in [0.2, 0.25) is 0 Å². The van der Waals surface area contributed by atoms with Crippen molar-refractivity contribution in [2.75, 3.05) is 5.32 Å². The Kier molecular flexibility index (Phi) is 6.66. The molecule has 0 aliphatic rings. The van der Waals surface area contributed by atoms with Crippen LogP contribution in [0.3, 0.4) is 0 Å². The number of hydrogen-bond acceptors (Lipinski definition) is 5. The average molecular weight is 328 g/mol. The molecule has 0 fully saturated rings. The number of benzene rings is 1. The molecule has 0 amide bonds. The number of anilines is 1. The van der Waals surface area contributed by atoms with E-state index in [0.717, 1.165) is 29.8 Å². The van der Waals surface area contributed by atoms with Gasteiger partial charge in [0.25, 0.3) is 0 Å². The maximum atomic E-state index is 10.9. The predicted molar refractivity (Wildman–Crippen MR) is 93.0 cm³/mol. The van der Waals surface area contributed by atoms with E-state index in [0.29, 0.717) is 18.8 Å². The van der Waals surface area contributed by atoms with Gasteiger partial charge in [-0.15, -0.1) is 5.10 Å². The topological polar surface area (TPSA) is 88.0 Å². The summed E-state index contributed by atoms with van der Waals surface area (Å²) in [6, 6.07) is 9.94. The van der Waals surface area contributed by atoms with Gasteiger partial charge in [-0.1, -0.05) is 44.2 Å². The van der Waals surface area contributed by atoms with Crippen LogP contribution in [-0.2, 0) is 24.1 Å². The van der Waals surface area contributed by atoms with Gasteiger partial charge in [0, 0.05) is 12.5 Å². The first-order valence-corrected chi connectivity index (χ1v) is 8.37. The molecule has 24 heavy (non-hydrogen) atoms. The monoisotopic (exact) mass is 328 g/mol. The Morgan fingerprint density at radius 2 is 1.83 bits per heavy atom. The number of nitrogens with zero attached hydrogens (tertiary/aromatic N) is 3. The maximum absolute atomic E-state index is 10.9. The second-order valence-electron chi connectivity index (χ2n) is 5.70. The van der Waals surface area contributed by atoms with Crippen molar-refractivity contribution in [3.8, 4) is 0 Å². The summed E-state index contributed by atoms with van der Waals surface area (Å²) in [6.07, 6.45) is 2.92. The lowest BCUT2D eigenvalue weighted by molar-refractivity contribution is -0.137. The molecule has 6 nitrogen and oxygen atoms in total. The maximum Gasteiger partial charge on any atom is 0.303 e. The van der Waals surface area contributed by atoms with E-state index in [1.807, 2.05) is 44.2 Å².